The Hall–Kier alpha value is -1.86. The number of aliphatic hydroxyl groups is 1. The lowest BCUT2D eigenvalue weighted by Crippen LogP contribution is -2.52. The van der Waals surface area contributed by atoms with Gasteiger partial charge in [-0.1, -0.05) is 6.92 Å². The first-order valence-electron chi connectivity index (χ1n) is 13.3. The topological polar surface area (TPSA) is 90.1 Å². The van der Waals surface area contributed by atoms with Crippen LogP contribution in [0.15, 0.2) is 18.5 Å². The van der Waals surface area contributed by atoms with Crippen molar-refractivity contribution in [2.24, 2.45) is 40.9 Å². The Kier molecular flexibility index (Phi) is 5.56. The van der Waals surface area contributed by atoms with E-state index in [1.54, 1.807) is 24.3 Å². The summed E-state index contributed by atoms with van der Waals surface area (Å²) >= 11 is 0. The molecule has 0 unspecified atom stereocenters. The zero-order valence-electron chi connectivity index (χ0n) is 20.5. The number of rotatable bonds is 5. The molecule has 4 fully saturated rings. The van der Waals surface area contributed by atoms with Gasteiger partial charge in [0.1, 0.15) is 17.6 Å². The van der Waals surface area contributed by atoms with E-state index in [-0.39, 0.29) is 17.9 Å². The highest BCUT2D eigenvalue weighted by molar-refractivity contribution is 5.82. The Labute approximate surface area is 201 Å². The van der Waals surface area contributed by atoms with Gasteiger partial charge in [-0.05, 0) is 98.9 Å². The number of hydrogen-bond donors (Lipinski definition) is 1. The van der Waals surface area contributed by atoms with Crippen LogP contribution in [0.25, 0.3) is 11.0 Å². The Morgan fingerprint density at radius 2 is 1.91 bits per heavy atom. The Morgan fingerprint density at radius 1 is 1.09 bits per heavy atom. The van der Waals surface area contributed by atoms with Gasteiger partial charge in [-0.3, -0.25) is 9.78 Å². The highest BCUT2D eigenvalue weighted by Crippen LogP contribution is 2.64. The zero-order valence-corrected chi connectivity index (χ0v) is 20.5. The molecule has 7 nitrogen and oxygen atoms in total. The third-order valence-electron chi connectivity index (χ3n) is 10.4. The summed E-state index contributed by atoms with van der Waals surface area (Å²) in [5.74, 6) is 3.94. The SMILES string of the molecule is COC[C@@]1(O)CC[C@H]2[C@H](CC[C@@H]3[C@@H]2CC[C@]2(C)[C@@H](C(=O)Cn4nc5ccncc5n4)CC[C@@H]32)C1. The van der Waals surface area contributed by atoms with Crippen molar-refractivity contribution in [2.45, 2.75) is 76.9 Å². The summed E-state index contributed by atoms with van der Waals surface area (Å²) in [6.45, 7) is 3.13. The zero-order chi connectivity index (χ0) is 23.5. The Bertz CT molecular complexity index is 1040. The van der Waals surface area contributed by atoms with Crippen LogP contribution in [-0.2, 0) is 16.1 Å². The second kappa shape index (κ2) is 8.37. The highest BCUT2D eigenvalue weighted by atomic mass is 16.5. The van der Waals surface area contributed by atoms with E-state index >= 15 is 0 Å². The van der Waals surface area contributed by atoms with E-state index in [9.17, 15) is 9.90 Å². The van der Waals surface area contributed by atoms with E-state index in [1.807, 2.05) is 6.07 Å². The largest absolute Gasteiger partial charge is 0.387 e. The molecule has 4 aliphatic rings. The monoisotopic (exact) mass is 466 g/mol. The Morgan fingerprint density at radius 3 is 2.74 bits per heavy atom. The first-order valence-corrected chi connectivity index (χ1v) is 13.3. The van der Waals surface area contributed by atoms with Crippen molar-refractivity contribution in [1.29, 1.82) is 0 Å². The van der Waals surface area contributed by atoms with Crippen molar-refractivity contribution in [2.75, 3.05) is 13.7 Å². The van der Waals surface area contributed by atoms with E-state index in [0.717, 1.165) is 60.9 Å². The number of Topliss-reactive ketones (excluding diaryl/α,β-unsaturated/α-hetero) is 1. The van der Waals surface area contributed by atoms with Gasteiger partial charge in [0.25, 0.3) is 0 Å². The summed E-state index contributed by atoms with van der Waals surface area (Å²) in [5.41, 5.74) is 1.01. The van der Waals surface area contributed by atoms with Gasteiger partial charge in [0, 0.05) is 19.2 Å². The third-order valence-corrected chi connectivity index (χ3v) is 10.4. The summed E-state index contributed by atoms with van der Waals surface area (Å²) in [7, 11) is 1.70. The summed E-state index contributed by atoms with van der Waals surface area (Å²) in [5, 5.41) is 20.0. The van der Waals surface area contributed by atoms with Crippen LogP contribution in [0.4, 0.5) is 0 Å². The molecule has 0 aliphatic heterocycles. The van der Waals surface area contributed by atoms with Gasteiger partial charge in [0.15, 0.2) is 5.78 Å². The molecule has 0 saturated heterocycles. The predicted octanol–water partition coefficient (Wildman–Crippen LogP) is 4.04. The second-order valence-corrected chi connectivity index (χ2v) is 12.1. The number of ether oxygens (including phenoxy) is 1. The van der Waals surface area contributed by atoms with Crippen LogP contribution in [0.3, 0.4) is 0 Å². The molecule has 4 aliphatic carbocycles. The molecule has 0 amide bonds. The maximum atomic E-state index is 13.5. The molecular formula is C27H38N4O3. The molecule has 2 aromatic rings. The van der Waals surface area contributed by atoms with Gasteiger partial charge in [0.05, 0.1) is 18.4 Å². The maximum Gasteiger partial charge on any atom is 0.159 e. The molecular weight excluding hydrogens is 428 g/mol. The number of carbonyl (C=O) groups excluding carboxylic acids is 1. The number of aromatic nitrogens is 4. The summed E-state index contributed by atoms with van der Waals surface area (Å²) in [6, 6.07) is 1.84. The van der Waals surface area contributed by atoms with Crippen LogP contribution in [0.1, 0.15) is 64.7 Å². The molecule has 1 N–H and O–H groups in total. The average molecular weight is 467 g/mol. The lowest BCUT2D eigenvalue weighted by atomic mass is 9.49. The van der Waals surface area contributed by atoms with Gasteiger partial charge < -0.3 is 9.84 Å². The first kappa shape index (κ1) is 22.6. The predicted molar refractivity (Wildman–Crippen MR) is 128 cm³/mol. The Balaban J connectivity index is 1.16. The molecule has 0 spiro atoms. The molecule has 0 bridgehead atoms. The summed E-state index contributed by atoms with van der Waals surface area (Å²) < 4.78 is 5.34. The van der Waals surface area contributed by atoms with E-state index in [1.165, 1.54) is 25.7 Å². The maximum absolute atomic E-state index is 13.5. The number of fused-ring (bicyclic) bond motifs is 6. The minimum atomic E-state index is -0.627. The fourth-order valence-electron chi connectivity index (χ4n) is 9.02. The molecule has 2 aromatic heterocycles. The standard InChI is InChI=1S/C27H38N4O3/c1-26-10-7-19-18-8-11-27(33,16-34-2)13-17(18)3-4-20(19)21(26)5-6-22(26)25(32)15-31-29-23-9-12-28-14-24(23)30-31/h9,12,14,17-22,33H,3-8,10-11,13,15-16H2,1-2H3/t17-,18+,19-,20-,21+,22-,26+,27-/m1/s1. The minimum Gasteiger partial charge on any atom is -0.387 e. The normalized spacial score (nSPS) is 41.6. The van der Waals surface area contributed by atoms with Crippen LogP contribution in [0.2, 0.25) is 0 Å². The quantitative estimate of drug-likeness (QED) is 0.715. The van der Waals surface area contributed by atoms with Crippen molar-refractivity contribution in [3.05, 3.63) is 18.5 Å². The van der Waals surface area contributed by atoms with E-state index < -0.39 is 5.60 Å². The average Bonchev–Trinajstić information content (AvgIpc) is 3.38. The van der Waals surface area contributed by atoms with Crippen molar-refractivity contribution in [3.63, 3.8) is 0 Å². The van der Waals surface area contributed by atoms with Crippen LogP contribution in [0, 0.1) is 40.9 Å². The smallest absolute Gasteiger partial charge is 0.159 e. The van der Waals surface area contributed by atoms with Gasteiger partial charge in [-0.2, -0.15) is 15.0 Å². The van der Waals surface area contributed by atoms with Crippen LogP contribution in [-0.4, -0.2) is 50.2 Å². The molecule has 4 saturated carbocycles. The van der Waals surface area contributed by atoms with Gasteiger partial charge in [0.2, 0.25) is 0 Å². The van der Waals surface area contributed by atoms with Crippen LogP contribution >= 0.6 is 0 Å². The lowest BCUT2D eigenvalue weighted by Gasteiger charge is -2.57. The van der Waals surface area contributed by atoms with Crippen molar-refractivity contribution < 1.29 is 14.6 Å². The second-order valence-electron chi connectivity index (χ2n) is 12.1. The van der Waals surface area contributed by atoms with Gasteiger partial charge >= 0.3 is 0 Å². The van der Waals surface area contributed by atoms with Crippen LogP contribution < -0.4 is 0 Å². The minimum absolute atomic E-state index is 0.102. The molecule has 7 heteroatoms. The van der Waals surface area contributed by atoms with Crippen molar-refractivity contribution in [1.82, 2.24) is 20.0 Å². The van der Waals surface area contributed by atoms with E-state index in [4.69, 9.17) is 4.74 Å². The fourth-order valence-corrected chi connectivity index (χ4v) is 9.02. The fraction of sp³-hybridized carbons (Fsp3) is 0.778. The molecule has 2 heterocycles. The number of ketones is 1. The first-order chi connectivity index (χ1) is 16.4. The van der Waals surface area contributed by atoms with E-state index in [0.29, 0.717) is 24.2 Å². The molecule has 184 valence electrons. The molecule has 34 heavy (non-hydrogen) atoms. The van der Waals surface area contributed by atoms with Crippen LogP contribution in [0.5, 0.6) is 0 Å². The number of pyridine rings is 1. The molecule has 6 rings (SSSR count). The number of carbonyl (C=O) groups is 1. The number of nitrogens with zero attached hydrogens (tertiary/aromatic N) is 4. The van der Waals surface area contributed by atoms with Gasteiger partial charge in [-0.25, -0.2) is 0 Å². The third kappa shape index (κ3) is 3.62. The van der Waals surface area contributed by atoms with E-state index in [2.05, 4.69) is 22.1 Å². The van der Waals surface area contributed by atoms with Crippen molar-refractivity contribution >= 4 is 16.8 Å². The number of methoxy groups -OCH3 is 1. The molecule has 8 atom stereocenters. The summed E-state index contributed by atoms with van der Waals surface area (Å²) in [6.07, 6.45) is 13.4. The molecule has 0 aromatic carbocycles. The number of hydrogen-bond acceptors (Lipinski definition) is 6. The highest BCUT2D eigenvalue weighted by Gasteiger charge is 2.59. The lowest BCUT2D eigenvalue weighted by molar-refractivity contribution is -0.137. The summed E-state index contributed by atoms with van der Waals surface area (Å²) in [4.78, 5) is 19.2. The van der Waals surface area contributed by atoms with Crippen molar-refractivity contribution in [3.8, 4) is 0 Å². The molecule has 0 radical (unpaired) electrons. The van der Waals surface area contributed by atoms with Gasteiger partial charge in [-0.15, -0.1) is 0 Å².